The highest BCUT2D eigenvalue weighted by atomic mass is 19.1. The van der Waals surface area contributed by atoms with Gasteiger partial charge >= 0.3 is 5.97 Å². The largest absolute Gasteiger partial charge is 0.481 e. The zero-order chi connectivity index (χ0) is 21.3. The normalized spacial score (nSPS) is 14.2. The van der Waals surface area contributed by atoms with E-state index in [1.54, 1.807) is 12.1 Å². The molecule has 0 radical (unpaired) electrons. The van der Waals surface area contributed by atoms with E-state index < -0.39 is 5.97 Å². The minimum atomic E-state index is -0.833. The Kier molecular flexibility index (Phi) is 5.23. The van der Waals surface area contributed by atoms with E-state index in [4.69, 9.17) is 4.74 Å². The maximum Gasteiger partial charge on any atom is 0.307 e. The Bertz CT molecular complexity index is 1170. The fourth-order valence-corrected chi connectivity index (χ4v) is 3.71. The average molecular weight is 400 g/mol. The van der Waals surface area contributed by atoms with Gasteiger partial charge in [0, 0.05) is 0 Å². The lowest BCUT2D eigenvalue weighted by molar-refractivity contribution is -0.135. The Hall–Kier alpha value is -3.66. The molecule has 0 fully saturated rings. The summed E-state index contributed by atoms with van der Waals surface area (Å²) in [4.78, 5) is 11.4. The van der Waals surface area contributed by atoms with Gasteiger partial charge in [-0.25, -0.2) is 4.39 Å². The molecular weight excluding hydrogens is 379 g/mol. The molecule has 4 heteroatoms. The Morgan fingerprint density at radius 2 is 1.57 bits per heavy atom. The molecule has 1 N–H and O–H groups in total. The minimum Gasteiger partial charge on any atom is -0.481 e. The molecule has 0 aromatic heterocycles. The average Bonchev–Trinajstić information content (AvgIpc) is 2.96. The van der Waals surface area contributed by atoms with Crippen LogP contribution in [0.3, 0.4) is 0 Å². The second-order valence-electron chi connectivity index (χ2n) is 7.41. The van der Waals surface area contributed by atoms with Crippen LogP contribution in [0.5, 0.6) is 11.5 Å². The number of fused-ring (bicyclic) bond motifs is 1. The molecule has 3 aromatic carbocycles. The van der Waals surface area contributed by atoms with Crippen LogP contribution < -0.4 is 4.74 Å². The molecule has 0 unspecified atom stereocenters. The highest BCUT2D eigenvalue weighted by Gasteiger charge is 2.25. The van der Waals surface area contributed by atoms with Crippen molar-refractivity contribution in [2.24, 2.45) is 0 Å². The van der Waals surface area contributed by atoms with Gasteiger partial charge in [0.15, 0.2) is 0 Å². The summed E-state index contributed by atoms with van der Waals surface area (Å²) in [6.45, 7) is 3.99. The first-order chi connectivity index (χ1) is 14.4. The number of aliphatic carboxylic acids is 1. The number of carbonyl (C=O) groups is 1. The third kappa shape index (κ3) is 4.03. The maximum atomic E-state index is 13.0. The number of ether oxygens (including phenoxy) is 1. The van der Waals surface area contributed by atoms with Crippen LogP contribution in [0.1, 0.15) is 35.6 Å². The number of carboxylic acids is 1. The third-order valence-corrected chi connectivity index (χ3v) is 5.22. The second-order valence-corrected chi connectivity index (χ2v) is 7.41. The smallest absolute Gasteiger partial charge is 0.307 e. The van der Waals surface area contributed by atoms with Gasteiger partial charge in [-0.1, -0.05) is 35.9 Å². The van der Waals surface area contributed by atoms with Crippen molar-refractivity contribution in [3.05, 3.63) is 100 Å². The highest BCUT2D eigenvalue weighted by molar-refractivity contribution is 6.07. The number of halogens is 1. The number of benzene rings is 3. The van der Waals surface area contributed by atoms with E-state index in [0.29, 0.717) is 11.5 Å². The summed E-state index contributed by atoms with van der Waals surface area (Å²) in [7, 11) is 0. The number of allylic oxidation sites excluding steroid dienone is 2. The lowest BCUT2D eigenvalue weighted by Gasteiger charge is -2.07. The molecule has 0 heterocycles. The fourth-order valence-electron chi connectivity index (χ4n) is 3.71. The maximum absolute atomic E-state index is 13.0. The van der Waals surface area contributed by atoms with Gasteiger partial charge in [0.1, 0.15) is 17.3 Å². The van der Waals surface area contributed by atoms with E-state index >= 15 is 0 Å². The van der Waals surface area contributed by atoms with E-state index in [1.807, 2.05) is 44.2 Å². The summed E-state index contributed by atoms with van der Waals surface area (Å²) in [5, 5.41) is 9.34. The van der Waals surface area contributed by atoms with Crippen LogP contribution in [-0.2, 0) is 4.79 Å². The summed E-state index contributed by atoms with van der Waals surface area (Å²) in [5.41, 5.74) is 7.03. The Morgan fingerprint density at radius 3 is 2.20 bits per heavy atom. The van der Waals surface area contributed by atoms with E-state index in [9.17, 15) is 14.3 Å². The van der Waals surface area contributed by atoms with Gasteiger partial charge < -0.3 is 9.84 Å². The lowest BCUT2D eigenvalue weighted by atomic mass is 9.99. The van der Waals surface area contributed by atoms with Crippen LogP contribution in [0.2, 0.25) is 0 Å². The molecule has 0 spiro atoms. The quantitative estimate of drug-likeness (QED) is 0.516. The Labute approximate surface area is 174 Å². The van der Waals surface area contributed by atoms with Gasteiger partial charge in [0.05, 0.1) is 6.42 Å². The topological polar surface area (TPSA) is 46.5 Å². The van der Waals surface area contributed by atoms with Crippen LogP contribution >= 0.6 is 0 Å². The van der Waals surface area contributed by atoms with Crippen LogP contribution in [0.15, 0.2) is 72.3 Å². The minimum absolute atomic E-state index is 0.00404. The lowest BCUT2D eigenvalue weighted by Crippen LogP contribution is -1.97. The van der Waals surface area contributed by atoms with Crippen LogP contribution in [0.25, 0.3) is 17.2 Å². The van der Waals surface area contributed by atoms with Gasteiger partial charge in [0.25, 0.3) is 0 Å². The van der Waals surface area contributed by atoms with Crippen molar-refractivity contribution in [1.29, 1.82) is 0 Å². The van der Waals surface area contributed by atoms with Crippen LogP contribution in [0, 0.1) is 12.7 Å². The van der Waals surface area contributed by atoms with Crippen LogP contribution in [-0.4, -0.2) is 11.1 Å². The van der Waals surface area contributed by atoms with Gasteiger partial charge in [-0.2, -0.15) is 0 Å². The summed E-state index contributed by atoms with van der Waals surface area (Å²) in [5.74, 6) is 0.0899. The van der Waals surface area contributed by atoms with Crippen molar-refractivity contribution in [1.82, 2.24) is 0 Å². The molecule has 0 atom stereocenters. The predicted molar refractivity (Wildman–Crippen MR) is 117 cm³/mol. The van der Waals surface area contributed by atoms with E-state index in [1.165, 1.54) is 12.1 Å². The molecular formula is C26H21FO3. The SMILES string of the molecule is CC1=C(CC(=O)O)c2cc(C)ccc2/C1=C\c1ccc(Oc2ccc(F)cc2)cc1. The number of hydrogen-bond donors (Lipinski definition) is 1. The van der Waals surface area contributed by atoms with Crippen molar-refractivity contribution < 1.29 is 19.0 Å². The van der Waals surface area contributed by atoms with Crippen LogP contribution in [0.4, 0.5) is 4.39 Å². The molecule has 0 saturated heterocycles. The molecule has 3 nitrogen and oxygen atoms in total. The monoisotopic (exact) mass is 400 g/mol. The van der Waals surface area contributed by atoms with Crippen molar-refractivity contribution in [2.75, 3.05) is 0 Å². The molecule has 1 aliphatic carbocycles. The van der Waals surface area contributed by atoms with E-state index in [2.05, 4.69) is 18.2 Å². The first kappa shape index (κ1) is 19.6. The molecule has 3 aromatic rings. The van der Waals surface area contributed by atoms with Crippen molar-refractivity contribution in [3.8, 4) is 11.5 Å². The van der Waals surface area contributed by atoms with E-state index in [-0.39, 0.29) is 12.2 Å². The molecule has 4 rings (SSSR count). The second kappa shape index (κ2) is 7.99. The fraction of sp³-hybridized carbons (Fsp3) is 0.115. The van der Waals surface area contributed by atoms with Crippen molar-refractivity contribution in [3.63, 3.8) is 0 Å². The standard InChI is InChI=1S/C26H21FO3/c1-16-3-12-22-23(17(2)24(15-26(28)29)25(22)13-16)14-18-4-8-20(9-5-18)30-21-10-6-19(27)7-11-21/h3-14H,15H2,1-2H3,(H,28,29)/b23-14-. The first-order valence-corrected chi connectivity index (χ1v) is 9.69. The van der Waals surface area contributed by atoms with Gasteiger partial charge in [-0.15, -0.1) is 0 Å². The first-order valence-electron chi connectivity index (χ1n) is 9.69. The van der Waals surface area contributed by atoms with Crippen molar-refractivity contribution >= 4 is 23.2 Å². The predicted octanol–water partition coefficient (Wildman–Crippen LogP) is 6.73. The van der Waals surface area contributed by atoms with Gasteiger partial charge in [-0.3, -0.25) is 4.79 Å². The zero-order valence-electron chi connectivity index (χ0n) is 16.8. The number of aryl methyl sites for hydroxylation is 1. The molecule has 0 saturated carbocycles. The van der Waals surface area contributed by atoms with Gasteiger partial charge in [-0.05, 0) is 89.7 Å². The highest BCUT2D eigenvalue weighted by Crippen LogP contribution is 2.44. The molecule has 1 aliphatic rings. The summed E-state index contributed by atoms with van der Waals surface area (Å²) >= 11 is 0. The van der Waals surface area contributed by atoms with Gasteiger partial charge in [0.2, 0.25) is 0 Å². The molecule has 0 bridgehead atoms. The summed E-state index contributed by atoms with van der Waals surface area (Å²) in [6.07, 6.45) is 2.07. The summed E-state index contributed by atoms with van der Waals surface area (Å²) < 4.78 is 18.8. The van der Waals surface area contributed by atoms with E-state index in [0.717, 1.165) is 39.0 Å². The molecule has 150 valence electrons. The molecule has 0 amide bonds. The number of rotatable bonds is 5. The third-order valence-electron chi connectivity index (χ3n) is 5.22. The molecule has 30 heavy (non-hydrogen) atoms. The number of carboxylic acid groups (broad SMARTS) is 1. The summed E-state index contributed by atoms with van der Waals surface area (Å²) in [6, 6.07) is 19.7. The number of hydrogen-bond acceptors (Lipinski definition) is 2. The molecule has 0 aliphatic heterocycles. The van der Waals surface area contributed by atoms with Crippen molar-refractivity contribution in [2.45, 2.75) is 20.3 Å². The zero-order valence-corrected chi connectivity index (χ0v) is 16.8. The Balaban J connectivity index is 1.64. The Morgan fingerprint density at radius 1 is 0.933 bits per heavy atom.